The van der Waals surface area contributed by atoms with Crippen molar-refractivity contribution in [3.63, 3.8) is 0 Å². The summed E-state index contributed by atoms with van der Waals surface area (Å²) in [7, 11) is 0. The molecule has 2 N–H and O–H groups in total. The van der Waals surface area contributed by atoms with Crippen molar-refractivity contribution in [2.45, 2.75) is 325 Å². The van der Waals surface area contributed by atoms with Crippen LogP contribution in [0.4, 0.5) is 0 Å². The molecule has 0 atom stereocenters. The minimum Gasteiger partial charge on any atom is -0.490 e. The molecule has 0 amide bonds. The van der Waals surface area contributed by atoms with E-state index in [0.717, 1.165) is 132 Å². The summed E-state index contributed by atoms with van der Waals surface area (Å²) < 4.78 is 41.6. The van der Waals surface area contributed by atoms with Gasteiger partial charge in [0, 0.05) is 43.8 Å². The second-order valence-electron chi connectivity index (χ2n) is 33.2. The lowest BCUT2D eigenvalue weighted by Crippen LogP contribution is -2.11. The molecule has 8 aromatic rings. The minimum absolute atomic E-state index is 0.0946. The summed E-state index contributed by atoms with van der Waals surface area (Å²) in [6.45, 7) is 30.5. The molecule has 596 valence electrons. The van der Waals surface area contributed by atoms with E-state index < -0.39 is 0 Å². The first-order valence-corrected chi connectivity index (χ1v) is 43.7. The van der Waals surface area contributed by atoms with Crippen molar-refractivity contribution in [3.05, 3.63) is 119 Å². The molecule has 0 saturated carbocycles. The Bertz CT molecular complexity index is 4080. The van der Waals surface area contributed by atoms with E-state index in [4.69, 9.17) is 58.3 Å². The van der Waals surface area contributed by atoms with Crippen molar-refractivity contribution < 1.29 is 28.4 Å². The van der Waals surface area contributed by atoms with Gasteiger partial charge in [-0.2, -0.15) is 0 Å². The van der Waals surface area contributed by atoms with E-state index in [2.05, 4.69) is 178 Å². The molecule has 0 radical (unpaired) electrons. The molecule has 8 bridgehead atoms. The van der Waals surface area contributed by atoms with Gasteiger partial charge in [0.15, 0.2) is 57.8 Å². The average molecular weight is 1500 g/mol. The predicted octanol–water partition coefficient (Wildman–Crippen LogP) is 27.6. The lowest BCUT2D eigenvalue weighted by atomic mass is 9.84. The van der Waals surface area contributed by atoms with E-state index in [1.54, 1.807) is 0 Å². The second kappa shape index (κ2) is 43.7. The van der Waals surface area contributed by atoms with Gasteiger partial charge in [-0.05, 0) is 108 Å². The maximum absolute atomic E-state index is 6.94. The molecule has 110 heavy (non-hydrogen) atoms. The number of H-pyrrole nitrogens is 2. The second-order valence-corrected chi connectivity index (χ2v) is 33.2. The summed E-state index contributed by atoms with van der Waals surface area (Å²) >= 11 is 0. The molecule has 10 rings (SSSR count). The van der Waals surface area contributed by atoms with Gasteiger partial charge in [0.1, 0.15) is 22.6 Å². The monoisotopic (exact) mass is 1500 g/mol. The molecular weight excluding hydrogens is 1360 g/mol. The Morgan fingerprint density at radius 2 is 0.455 bits per heavy atom. The number of rotatable bonds is 50. The Labute approximate surface area is 660 Å². The van der Waals surface area contributed by atoms with Gasteiger partial charge in [0.2, 0.25) is 0 Å². The number of nitrogens with zero attached hydrogens (tertiary/aromatic N) is 6. The highest BCUT2D eigenvalue weighted by atomic mass is 16.5. The first kappa shape index (κ1) is 84.4. The Kier molecular flexibility index (Phi) is 33.6. The van der Waals surface area contributed by atoms with E-state index in [9.17, 15) is 0 Å². The molecular formula is C96H136N8O6. The van der Waals surface area contributed by atoms with Gasteiger partial charge in [0.05, 0.1) is 39.6 Å². The van der Waals surface area contributed by atoms with Crippen LogP contribution >= 0.6 is 0 Å². The zero-order chi connectivity index (χ0) is 77.5. The Morgan fingerprint density at radius 1 is 0.245 bits per heavy atom. The van der Waals surface area contributed by atoms with Crippen LogP contribution in [-0.4, -0.2) is 79.5 Å². The Balaban J connectivity index is 1.29. The van der Waals surface area contributed by atoms with E-state index in [1.165, 1.54) is 165 Å². The van der Waals surface area contributed by atoms with Gasteiger partial charge in [0.25, 0.3) is 0 Å². The number of unbranched alkanes of at least 4 members (excludes halogenated alkanes) is 30. The molecule has 0 aliphatic carbocycles. The number of ether oxygens (including phenoxy) is 6. The quantitative estimate of drug-likeness (QED) is 0.0347. The third-order valence-electron chi connectivity index (χ3n) is 21.8. The first-order valence-electron chi connectivity index (χ1n) is 43.7. The Hall–Kier alpha value is -8.00. The van der Waals surface area contributed by atoms with Crippen LogP contribution < -0.4 is 28.4 Å². The molecule has 2 aliphatic heterocycles. The third-order valence-corrected chi connectivity index (χ3v) is 21.8. The van der Waals surface area contributed by atoms with E-state index in [0.29, 0.717) is 120 Å². The van der Waals surface area contributed by atoms with Crippen molar-refractivity contribution >= 4 is 55.3 Å². The van der Waals surface area contributed by atoms with Gasteiger partial charge >= 0.3 is 0 Å². The maximum Gasteiger partial charge on any atom is 0.165 e. The summed E-state index contributed by atoms with van der Waals surface area (Å²) in [5.74, 6) is 5.95. The standard InChI is InChI=1S/C96H136N8O6/c1-13-19-25-31-37-43-57-105-79-63-73-74(64-80(79)106-58-44-38-32-26-20-14-2)88-97-87(73)98-89-75-65-81(107-59-45-39-33-27-21-15-3)83(109-61-47-41-35-29-23-17-5)67-77(75)91(100-89)102-93-85(69-49-53-71(54-50-69)95(7,8)9)86(70-51-55-72(56-52-70)96(10,11)12)94(104-93)103-92-78-68-84(110-62-48-42-36-30-24-18-6)82(66-76(78)90(99-88)101-92)108-60-46-40-34-28-22-16-4/h49-56,63-68H,13-48,57-62H2,1-12H3,(H2,97,98,99,100,101,102,103,104). The molecule has 0 saturated heterocycles. The van der Waals surface area contributed by atoms with E-state index in [-0.39, 0.29) is 10.8 Å². The highest BCUT2D eigenvalue weighted by Gasteiger charge is 2.30. The van der Waals surface area contributed by atoms with Gasteiger partial charge in [-0.1, -0.05) is 324 Å². The lowest BCUT2D eigenvalue weighted by Gasteiger charge is -2.20. The van der Waals surface area contributed by atoms with Gasteiger partial charge in [-0.25, -0.2) is 29.9 Å². The smallest absolute Gasteiger partial charge is 0.165 e. The molecule has 5 heterocycles. The summed E-state index contributed by atoms with van der Waals surface area (Å²) in [5, 5.41) is 3.22. The van der Waals surface area contributed by atoms with Crippen molar-refractivity contribution in [1.29, 1.82) is 0 Å². The molecule has 2 aliphatic rings. The molecule has 14 heteroatoms. The fraction of sp³-hybridized carbons (Fsp3) is 0.583. The van der Waals surface area contributed by atoms with Crippen LogP contribution in [0, 0.1) is 0 Å². The zero-order valence-corrected chi connectivity index (χ0v) is 69.9. The first-order chi connectivity index (χ1) is 53.6. The molecule has 3 aromatic heterocycles. The number of nitrogens with one attached hydrogen (secondary N) is 2. The van der Waals surface area contributed by atoms with Crippen molar-refractivity contribution in [2.75, 3.05) is 39.6 Å². The number of aromatic amines is 2. The maximum atomic E-state index is 6.94. The lowest BCUT2D eigenvalue weighted by molar-refractivity contribution is 0.258. The number of benzene rings is 5. The largest absolute Gasteiger partial charge is 0.490 e. The van der Waals surface area contributed by atoms with Crippen LogP contribution in [0.15, 0.2) is 84.9 Å². The summed E-state index contributed by atoms with van der Waals surface area (Å²) in [5.41, 5.74) is 9.66. The molecule has 0 fully saturated rings. The van der Waals surface area contributed by atoms with Crippen LogP contribution in [0.3, 0.4) is 0 Å². The van der Waals surface area contributed by atoms with Gasteiger partial charge in [-0.15, -0.1) is 0 Å². The summed E-state index contributed by atoms with van der Waals surface area (Å²) in [4.78, 5) is 42.1. The topological polar surface area (TPSA) is 164 Å². The number of hydrogen-bond acceptors (Lipinski definition) is 12. The highest BCUT2D eigenvalue weighted by Crippen LogP contribution is 2.46. The number of aromatic nitrogens is 8. The van der Waals surface area contributed by atoms with Crippen LogP contribution in [-0.2, 0) is 10.8 Å². The molecule has 5 aromatic carbocycles. The van der Waals surface area contributed by atoms with Crippen LogP contribution in [0.2, 0.25) is 0 Å². The van der Waals surface area contributed by atoms with Crippen molar-refractivity contribution in [1.82, 2.24) is 39.9 Å². The fourth-order valence-corrected chi connectivity index (χ4v) is 15.0. The van der Waals surface area contributed by atoms with E-state index in [1.807, 2.05) is 0 Å². The predicted molar refractivity (Wildman–Crippen MR) is 460 cm³/mol. The number of hydrogen-bond donors (Lipinski definition) is 2. The zero-order valence-electron chi connectivity index (χ0n) is 69.9. The average Bonchev–Trinajstić information content (AvgIpc) is 1.59. The highest BCUT2D eigenvalue weighted by molar-refractivity contribution is 6.10. The van der Waals surface area contributed by atoms with E-state index >= 15 is 0 Å². The normalized spacial score (nSPS) is 12.4. The minimum atomic E-state index is -0.0946. The van der Waals surface area contributed by atoms with Crippen molar-refractivity contribution in [2.24, 2.45) is 0 Å². The SMILES string of the molecule is CCCCCCCCOc1cc2c(cc1OCCCCCCCC)-c1nc-2nc2[nH]c(nc3nc(nc4[nH]c(n1)c1cc(OCCCCCCCC)c(OCCCCCCCC)cc41)C(c1ccc(C(C)(C)C)cc1)=C3c1ccc(C(C)(C)C)cc1)c1cc(OCCCCCCCC)c(OCCCCCCCC)cc21. The molecule has 0 unspecified atom stereocenters. The van der Waals surface area contributed by atoms with Crippen LogP contribution in [0.5, 0.6) is 34.5 Å². The fourth-order valence-electron chi connectivity index (χ4n) is 15.0. The third kappa shape index (κ3) is 24.0. The van der Waals surface area contributed by atoms with Gasteiger partial charge < -0.3 is 38.4 Å². The van der Waals surface area contributed by atoms with Gasteiger partial charge in [-0.3, -0.25) is 0 Å². The number of fused-ring (bicyclic) bond motifs is 17. The summed E-state index contributed by atoms with van der Waals surface area (Å²) in [6, 6.07) is 30.6. The Morgan fingerprint density at radius 3 is 0.691 bits per heavy atom. The molecule has 14 nitrogen and oxygen atoms in total. The van der Waals surface area contributed by atoms with Crippen molar-refractivity contribution in [3.8, 4) is 57.3 Å². The molecule has 0 spiro atoms. The van der Waals surface area contributed by atoms with Crippen LogP contribution in [0.25, 0.3) is 78.1 Å². The van der Waals surface area contributed by atoms with Crippen LogP contribution in [0.1, 0.15) is 348 Å². The summed E-state index contributed by atoms with van der Waals surface area (Å²) in [6.07, 6.45) is 41.3.